The van der Waals surface area contributed by atoms with Crippen LogP contribution in [-0.4, -0.2) is 37.6 Å². The molecule has 1 aromatic rings. The van der Waals surface area contributed by atoms with Gasteiger partial charge in [-0.05, 0) is 6.92 Å². The average molecular weight is 334 g/mol. The lowest BCUT2D eigenvalue weighted by molar-refractivity contribution is -0.384. The number of benzene rings is 1. The highest BCUT2D eigenvalue weighted by molar-refractivity contribution is 5.94. The molecule has 0 unspecified atom stereocenters. The Morgan fingerprint density at radius 2 is 2.00 bits per heavy atom. The molecule has 0 heterocycles. The summed E-state index contributed by atoms with van der Waals surface area (Å²) in [6.07, 6.45) is -2.74. The van der Waals surface area contributed by atoms with Gasteiger partial charge in [0.05, 0.1) is 11.5 Å². The molecule has 1 rings (SSSR count). The highest BCUT2D eigenvalue weighted by Crippen LogP contribution is 2.33. The Balaban J connectivity index is 0.00000232. The monoisotopic (exact) mass is 334 g/mol. The molecule has 0 amide bonds. The minimum absolute atomic E-state index is 0.0364. The molecule has 0 bridgehead atoms. The highest BCUT2D eigenvalue weighted by Gasteiger charge is 2.23. The summed E-state index contributed by atoms with van der Waals surface area (Å²) in [7, 11) is 1.42. The van der Waals surface area contributed by atoms with Crippen LogP contribution < -0.4 is 10.1 Å². The number of ether oxygens (including phenoxy) is 2. The van der Waals surface area contributed by atoms with Gasteiger partial charge < -0.3 is 14.8 Å². The number of hydrogen-bond acceptors (Lipinski definition) is 6. The summed E-state index contributed by atoms with van der Waals surface area (Å²) < 4.78 is 34.0. The molecular weight excluding hydrogens is 314 g/mol. The number of halogens is 2. The van der Waals surface area contributed by atoms with Gasteiger partial charge in [-0.1, -0.05) is 13.8 Å². The van der Waals surface area contributed by atoms with Crippen LogP contribution in [-0.2, 0) is 4.74 Å². The number of rotatable bonds is 7. The first kappa shape index (κ1) is 20.6. The molecule has 23 heavy (non-hydrogen) atoms. The van der Waals surface area contributed by atoms with Gasteiger partial charge in [0.1, 0.15) is 23.6 Å². The van der Waals surface area contributed by atoms with Crippen molar-refractivity contribution in [3.8, 4) is 5.75 Å². The molecule has 1 N–H and O–H groups in total. The van der Waals surface area contributed by atoms with Crippen molar-refractivity contribution in [3.05, 3.63) is 27.8 Å². The molecule has 0 aliphatic rings. The molecule has 0 aromatic heterocycles. The largest absolute Gasteiger partial charge is 0.487 e. The SMILES string of the molecule is CC.CCOC(=O)c1cc([N+](=O)[O-])c(NC)cc1OCC(F)F. The molecule has 0 aliphatic heterocycles. The topological polar surface area (TPSA) is 90.7 Å². The third-order valence-electron chi connectivity index (χ3n) is 2.42. The average Bonchev–Trinajstić information content (AvgIpc) is 2.53. The van der Waals surface area contributed by atoms with Crippen molar-refractivity contribution in [1.82, 2.24) is 0 Å². The normalized spacial score (nSPS) is 9.70. The number of anilines is 1. The Morgan fingerprint density at radius 1 is 1.39 bits per heavy atom. The van der Waals surface area contributed by atoms with Crippen LogP contribution in [0.3, 0.4) is 0 Å². The van der Waals surface area contributed by atoms with E-state index in [1.807, 2.05) is 13.8 Å². The molecule has 9 heteroatoms. The first-order chi connectivity index (χ1) is 10.9. The summed E-state index contributed by atoms with van der Waals surface area (Å²) in [5.74, 6) is -1.09. The molecule has 0 fully saturated rings. The first-order valence-corrected chi connectivity index (χ1v) is 6.98. The number of alkyl halides is 2. The van der Waals surface area contributed by atoms with Crippen molar-refractivity contribution < 1.29 is 28.0 Å². The Kier molecular flexibility index (Phi) is 9.21. The summed E-state index contributed by atoms with van der Waals surface area (Å²) in [6.45, 7) is 4.65. The number of nitrogens with zero attached hydrogens (tertiary/aromatic N) is 1. The van der Waals surface area contributed by atoms with Crippen LogP contribution in [0.2, 0.25) is 0 Å². The van der Waals surface area contributed by atoms with Gasteiger partial charge in [-0.25, -0.2) is 13.6 Å². The lowest BCUT2D eigenvalue weighted by Crippen LogP contribution is -2.13. The van der Waals surface area contributed by atoms with Crippen molar-refractivity contribution in [2.45, 2.75) is 27.2 Å². The van der Waals surface area contributed by atoms with Crippen molar-refractivity contribution >= 4 is 17.3 Å². The number of hydrogen-bond donors (Lipinski definition) is 1. The zero-order valence-electron chi connectivity index (χ0n) is 13.4. The summed E-state index contributed by atoms with van der Waals surface area (Å²) >= 11 is 0. The summed E-state index contributed by atoms with van der Waals surface area (Å²) in [5.41, 5.74) is -0.620. The van der Waals surface area contributed by atoms with Crippen molar-refractivity contribution in [2.75, 3.05) is 25.6 Å². The van der Waals surface area contributed by atoms with E-state index >= 15 is 0 Å². The van der Waals surface area contributed by atoms with Crippen LogP contribution in [0.15, 0.2) is 12.1 Å². The number of nitro groups is 1. The van der Waals surface area contributed by atoms with Crippen LogP contribution in [0.4, 0.5) is 20.2 Å². The Bertz CT molecular complexity index is 538. The summed E-state index contributed by atoms with van der Waals surface area (Å²) in [5, 5.41) is 13.5. The minimum Gasteiger partial charge on any atom is -0.487 e. The quantitative estimate of drug-likeness (QED) is 0.466. The van der Waals surface area contributed by atoms with Crippen LogP contribution in [0.5, 0.6) is 5.75 Å². The fourth-order valence-electron chi connectivity index (χ4n) is 1.56. The van der Waals surface area contributed by atoms with E-state index in [1.54, 1.807) is 6.92 Å². The van der Waals surface area contributed by atoms with Gasteiger partial charge in [0, 0.05) is 19.2 Å². The summed E-state index contributed by atoms with van der Waals surface area (Å²) in [6, 6.07) is 2.05. The molecular formula is C14H20F2N2O5. The van der Waals surface area contributed by atoms with E-state index in [9.17, 15) is 23.7 Å². The number of nitro benzene ring substituents is 1. The molecule has 0 spiro atoms. The molecule has 7 nitrogen and oxygen atoms in total. The highest BCUT2D eigenvalue weighted by atomic mass is 19.3. The van der Waals surface area contributed by atoms with E-state index in [2.05, 4.69) is 5.32 Å². The van der Waals surface area contributed by atoms with Gasteiger partial charge in [-0.3, -0.25) is 10.1 Å². The van der Waals surface area contributed by atoms with E-state index < -0.39 is 23.9 Å². The predicted octanol–water partition coefficient (Wildman–Crippen LogP) is 3.48. The van der Waals surface area contributed by atoms with Gasteiger partial charge in [-0.15, -0.1) is 0 Å². The standard InChI is InChI=1S/C12H14F2N2O5.C2H6/c1-3-20-12(17)7-4-9(16(18)19)8(15-2)5-10(7)21-6-11(13)14;1-2/h4-5,11,15H,3,6H2,1-2H3;1-2H3. The third-order valence-corrected chi connectivity index (χ3v) is 2.42. The zero-order chi connectivity index (χ0) is 18.0. The molecule has 0 saturated carbocycles. The molecule has 0 atom stereocenters. The van der Waals surface area contributed by atoms with Gasteiger partial charge in [0.15, 0.2) is 0 Å². The first-order valence-electron chi connectivity index (χ1n) is 6.98. The second kappa shape index (κ2) is 10.3. The molecule has 0 radical (unpaired) electrons. The van der Waals surface area contributed by atoms with Gasteiger partial charge in [-0.2, -0.15) is 0 Å². The van der Waals surface area contributed by atoms with E-state index in [-0.39, 0.29) is 29.3 Å². The van der Waals surface area contributed by atoms with Crippen LogP contribution in [0.1, 0.15) is 31.1 Å². The van der Waals surface area contributed by atoms with Crippen LogP contribution in [0, 0.1) is 10.1 Å². The van der Waals surface area contributed by atoms with Gasteiger partial charge >= 0.3 is 5.97 Å². The molecule has 0 saturated heterocycles. The predicted molar refractivity (Wildman–Crippen MR) is 81.4 cm³/mol. The fourth-order valence-corrected chi connectivity index (χ4v) is 1.56. The summed E-state index contributed by atoms with van der Waals surface area (Å²) in [4.78, 5) is 22.0. The number of carbonyl (C=O) groups excluding carboxylic acids is 1. The van der Waals surface area contributed by atoms with Crippen molar-refractivity contribution in [3.63, 3.8) is 0 Å². The van der Waals surface area contributed by atoms with E-state index in [1.165, 1.54) is 7.05 Å². The molecule has 0 aliphatic carbocycles. The number of nitrogens with one attached hydrogen (secondary N) is 1. The molecule has 130 valence electrons. The van der Waals surface area contributed by atoms with Crippen LogP contribution >= 0.6 is 0 Å². The number of carbonyl (C=O) groups is 1. The van der Waals surface area contributed by atoms with Crippen molar-refractivity contribution in [2.24, 2.45) is 0 Å². The second-order valence-corrected chi connectivity index (χ2v) is 3.80. The van der Waals surface area contributed by atoms with E-state index in [0.717, 1.165) is 12.1 Å². The fraction of sp³-hybridized carbons (Fsp3) is 0.500. The minimum atomic E-state index is -2.74. The van der Waals surface area contributed by atoms with E-state index in [4.69, 9.17) is 9.47 Å². The maximum Gasteiger partial charge on any atom is 0.342 e. The second-order valence-electron chi connectivity index (χ2n) is 3.80. The third kappa shape index (κ3) is 6.05. The van der Waals surface area contributed by atoms with Crippen molar-refractivity contribution in [1.29, 1.82) is 0 Å². The maximum atomic E-state index is 12.2. The Morgan fingerprint density at radius 3 is 2.43 bits per heavy atom. The van der Waals surface area contributed by atoms with Gasteiger partial charge in [0.25, 0.3) is 12.1 Å². The maximum absolute atomic E-state index is 12.2. The molecule has 1 aromatic carbocycles. The zero-order valence-corrected chi connectivity index (χ0v) is 13.4. The lowest BCUT2D eigenvalue weighted by Gasteiger charge is -2.12. The van der Waals surface area contributed by atoms with Crippen LogP contribution in [0.25, 0.3) is 0 Å². The smallest absolute Gasteiger partial charge is 0.342 e. The Labute approximate surface area is 132 Å². The van der Waals surface area contributed by atoms with E-state index in [0.29, 0.717) is 0 Å². The lowest BCUT2D eigenvalue weighted by atomic mass is 10.1. The number of esters is 1. The Hall–Kier alpha value is -2.45. The van der Waals surface area contributed by atoms with Gasteiger partial charge in [0.2, 0.25) is 0 Å².